The summed E-state index contributed by atoms with van der Waals surface area (Å²) < 4.78 is 23.4. The van der Waals surface area contributed by atoms with Crippen molar-refractivity contribution in [2.45, 2.75) is 70.8 Å². The lowest BCUT2D eigenvalue weighted by atomic mass is 10.0. The van der Waals surface area contributed by atoms with Gasteiger partial charge in [-0.25, -0.2) is 14.4 Å². The molecule has 0 spiro atoms. The second-order valence-electron chi connectivity index (χ2n) is 14.5. The molecular formula is C37H44FN11O4. The largest absolute Gasteiger partial charge is 0.381 e. The number of amides is 3. The lowest BCUT2D eigenvalue weighted by Crippen LogP contribution is -2.52. The molecule has 0 bridgehead atoms. The molecule has 4 aliphatic rings. The van der Waals surface area contributed by atoms with Crippen LogP contribution in [-0.2, 0) is 27.4 Å². The molecule has 16 heteroatoms. The first-order valence-corrected chi connectivity index (χ1v) is 18.3. The number of pyridine rings is 1. The molecule has 53 heavy (non-hydrogen) atoms. The molecule has 8 rings (SSSR count). The van der Waals surface area contributed by atoms with Crippen molar-refractivity contribution in [3.8, 4) is 0 Å². The van der Waals surface area contributed by atoms with E-state index in [2.05, 4.69) is 44.2 Å². The molecule has 1 atom stereocenters. The number of nitrogens with zero attached hydrogens (tertiary/aromatic N) is 9. The molecule has 3 amide bonds. The number of carbonyl (C=O) groups is 3. The number of halogens is 1. The first-order chi connectivity index (χ1) is 25.7. The summed E-state index contributed by atoms with van der Waals surface area (Å²) in [6.45, 7) is 9.09. The quantitative estimate of drug-likeness (QED) is 0.243. The SMILES string of the molecule is COC1CCN(c2nccc(Nc3cc4c(cn3)c(N3CCN(Cc5ccc6c(c5F)CN(C5CCC(=O)NC5=O)C6=O)CC3)nn4C(C)C)n2)CC1. The van der Waals surface area contributed by atoms with E-state index in [1.807, 2.05) is 23.0 Å². The number of fused-ring (bicyclic) bond motifs is 2. The Labute approximate surface area is 306 Å². The molecule has 4 aromatic rings. The number of aromatic nitrogens is 5. The zero-order valence-electron chi connectivity index (χ0n) is 30.2. The van der Waals surface area contributed by atoms with Crippen LogP contribution in [0.15, 0.2) is 36.7 Å². The van der Waals surface area contributed by atoms with Crippen LogP contribution in [0.3, 0.4) is 0 Å². The minimum Gasteiger partial charge on any atom is -0.381 e. The lowest BCUT2D eigenvalue weighted by Gasteiger charge is -2.35. The Morgan fingerprint density at radius 3 is 2.51 bits per heavy atom. The first kappa shape index (κ1) is 34.8. The van der Waals surface area contributed by atoms with Crippen LogP contribution in [0, 0.1) is 5.82 Å². The average molecular weight is 726 g/mol. The zero-order valence-corrected chi connectivity index (χ0v) is 30.2. The molecule has 2 N–H and O–H groups in total. The third-order valence-electron chi connectivity index (χ3n) is 10.8. The van der Waals surface area contributed by atoms with Crippen molar-refractivity contribution in [1.82, 2.24) is 39.8 Å². The van der Waals surface area contributed by atoms with E-state index in [-0.39, 0.29) is 48.9 Å². The summed E-state index contributed by atoms with van der Waals surface area (Å²) in [4.78, 5) is 59.2. The number of hydrogen-bond donors (Lipinski definition) is 2. The Morgan fingerprint density at radius 2 is 1.77 bits per heavy atom. The highest BCUT2D eigenvalue weighted by molar-refractivity contribution is 6.05. The maximum absolute atomic E-state index is 15.9. The lowest BCUT2D eigenvalue weighted by molar-refractivity contribution is -0.136. The maximum Gasteiger partial charge on any atom is 0.255 e. The van der Waals surface area contributed by atoms with Gasteiger partial charge in [0.1, 0.15) is 23.5 Å². The molecule has 1 unspecified atom stereocenters. The Morgan fingerprint density at radius 1 is 0.981 bits per heavy atom. The van der Waals surface area contributed by atoms with Crippen molar-refractivity contribution in [3.05, 3.63) is 59.2 Å². The maximum atomic E-state index is 15.9. The smallest absolute Gasteiger partial charge is 0.255 e. The van der Waals surface area contributed by atoms with Gasteiger partial charge in [-0.05, 0) is 45.2 Å². The first-order valence-electron chi connectivity index (χ1n) is 18.3. The molecule has 3 saturated heterocycles. The molecule has 278 valence electrons. The van der Waals surface area contributed by atoms with Gasteiger partial charge in [0, 0.05) is 101 Å². The monoisotopic (exact) mass is 725 g/mol. The van der Waals surface area contributed by atoms with Crippen molar-refractivity contribution in [1.29, 1.82) is 0 Å². The van der Waals surface area contributed by atoms with Gasteiger partial charge in [-0.3, -0.25) is 29.3 Å². The number of piperazine rings is 1. The van der Waals surface area contributed by atoms with E-state index in [1.54, 1.807) is 25.4 Å². The molecule has 0 aliphatic carbocycles. The summed E-state index contributed by atoms with van der Waals surface area (Å²) >= 11 is 0. The van der Waals surface area contributed by atoms with E-state index in [1.165, 1.54) is 4.90 Å². The van der Waals surface area contributed by atoms with E-state index < -0.39 is 17.8 Å². The van der Waals surface area contributed by atoms with Gasteiger partial charge in [-0.1, -0.05) is 6.07 Å². The van der Waals surface area contributed by atoms with Crippen LogP contribution >= 0.6 is 0 Å². The number of piperidine rings is 2. The van der Waals surface area contributed by atoms with Crippen LogP contribution in [0.1, 0.15) is 67.1 Å². The number of ether oxygens (including phenoxy) is 1. The fourth-order valence-corrected chi connectivity index (χ4v) is 7.84. The Hall–Kier alpha value is -5.22. The topological polar surface area (TPSA) is 154 Å². The predicted molar refractivity (Wildman–Crippen MR) is 195 cm³/mol. The molecule has 3 aromatic heterocycles. The number of carbonyl (C=O) groups excluding carboxylic acids is 3. The minimum atomic E-state index is -0.779. The summed E-state index contributed by atoms with van der Waals surface area (Å²) in [7, 11) is 1.76. The van der Waals surface area contributed by atoms with Crippen molar-refractivity contribution in [2.75, 3.05) is 61.5 Å². The van der Waals surface area contributed by atoms with Crippen LogP contribution in [-0.4, -0.2) is 111 Å². The number of benzene rings is 1. The zero-order chi connectivity index (χ0) is 36.8. The Bertz CT molecular complexity index is 2060. The highest BCUT2D eigenvalue weighted by Gasteiger charge is 2.40. The molecular weight excluding hydrogens is 681 g/mol. The number of hydrogen-bond acceptors (Lipinski definition) is 12. The van der Waals surface area contributed by atoms with Crippen LogP contribution in [0.5, 0.6) is 0 Å². The summed E-state index contributed by atoms with van der Waals surface area (Å²) in [5.41, 5.74) is 2.07. The fraction of sp³-hybridized carbons (Fsp3) is 0.486. The van der Waals surface area contributed by atoms with Crippen molar-refractivity contribution >= 4 is 52.0 Å². The molecule has 0 saturated carbocycles. The predicted octanol–water partition coefficient (Wildman–Crippen LogP) is 3.38. The van der Waals surface area contributed by atoms with Gasteiger partial charge in [0.25, 0.3) is 5.91 Å². The van der Waals surface area contributed by atoms with E-state index in [0.717, 1.165) is 42.7 Å². The molecule has 4 aliphatic heterocycles. The summed E-state index contributed by atoms with van der Waals surface area (Å²) in [5, 5.41) is 11.7. The number of imide groups is 1. The molecule has 15 nitrogen and oxygen atoms in total. The number of anilines is 4. The summed E-state index contributed by atoms with van der Waals surface area (Å²) in [6, 6.07) is 6.52. The summed E-state index contributed by atoms with van der Waals surface area (Å²) in [5.74, 6) is 1.23. The minimum absolute atomic E-state index is 0.0130. The van der Waals surface area contributed by atoms with Crippen LogP contribution in [0.2, 0.25) is 0 Å². The molecule has 7 heterocycles. The normalized spacial score (nSPS) is 20.1. The average Bonchev–Trinajstić information content (AvgIpc) is 3.71. The van der Waals surface area contributed by atoms with Gasteiger partial charge in [0.2, 0.25) is 17.8 Å². The van der Waals surface area contributed by atoms with Gasteiger partial charge < -0.3 is 24.8 Å². The van der Waals surface area contributed by atoms with Crippen molar-refractivity contribution < 1.29 is 23.5 Å². The van der Waals surface area contributed by atoms with Crippen LogP contribution in [0.25, 0.3) is 10.9 Å². The molecule has 3 fully saturated rings. The van der Waals surface area contributed by atoms with Gasteiger partial charge in [-0.15, -0.1) is 0 Å². The molecule has 0 radical (unpaired) electrons. The second-order valence-corrected chi connectivity index (χ2v) is 14.5. The van der Waals surface area contributed by atoms with Crippen LogP contribution in [0.4, 0.5) is 27.8 Å². The van der Waals surface area contributed by atoms with Crippen molar-refractivity contribution in [2.24, 2.45) is 0 Å². The van der Waals surface area contributed by atoms with Gasteiger partial charge >= 0.3 is 0 Å². The highest BCUT2D eigenvalue weighted by atomic mass is 19.1. The number of nitrogens with one attached hydrogen (secondary N) is 2. The van der Waals surface area contributed by atoms with E-state index in [4.69, 9.17) is 19.8 Å². The van der Waals surface area contributed by atoms with Gasteiger partial charge in [0.15, 0.2) is 5.82 Å². The third kappa shape index (κ3) is 6.76. The highest BCUT2D eigenvalue weighted by Crippen LogP contribution is 2.33. The number of methoxy groups -OCH3 is 1. The Kier molecular flexibility index (Phi) is 9.41. The van der Waals surface area contributed by atoms with E-state index >= 15 is 4.39 Å². The van der Waals surface area contributed by atoms with Gasteiger partial charge in [0.05, 0.1) is 23.6 Å². The second kappa shape index (κ2) is 14.3. The van der Waals surface area contributed by atoms with Gasteiger partial charge in [-0.2, -0.15) is 10.1 Å². The van der Waals surface area contributed by atoms with Crippen LogP contribution < -0.4 is 20.4 Å². The summed E-state index contributed by atoms with van der Waals surface area (Å²) in [6.07, 6.45) is 6.18. The Balaban J connectivity index is 0.930. The van der Waals surface area contributed by atoms with E-state index in [9.17, 15) is 14.4 Å². The standard InChI is InChI=1S/C37H44FN11O4/c1-22(2)49-29-18-31(41-30-8-11-39-37(42-30)47-12-9-24(53-3)10-13-47)40-19-26(29)34(44-49)46-16-14-45(15-17-46)20-23-4-5-25-27(33(23)38)21-48(36(25)52)28-6-7-32(50)43-35(28)51/h4-5,8,11,18-19,22,24,28H,6-7,9-10,12-17,20-21H2,1-3H3,(H,43,50,51)(H,39,40,41,42). The van der Waals surface area contributed by atoms with E-state index in [0.29, 0.717) is 61.4 Å². The van der Waals surface area contributed by atoms with Crippen molar-refractivity contribution in [3.63, 3.8) is 0 Å². The number of rotatable bonds is 9. The third-order valence-corrected chi connectivity index (χ3v) is 10.8. The molecule has 1 aromatic carbocycles. The fourth-order valence-electron chi connectivity index (χ4n) is 7.84.